The molecule has 0 saturated carbocycles. The monoisotopic (exact) mass is 404 g/mol. The summed E-state index contributed by atoms with van der Waals surface area (Å²) in [6.07, 6.45) is 0. The number of rotatable bonds is 6. The number of hydrogen-bond donors (Lipinski definition) is 3. The maximum absolute atomic E-state index is 12.8. The molecule has 4 aromatic rings. The third-order valence-corrected chi connectivity index (χ3v) is 4.59. The van der Waals surface area contributed by atoms with Gasteiger partial charge in [-0.3, -0.25) is 15.6 Å². The molecule has 0 aliphatic heterocycles. The maximum atomic E-state index is 12.8. The summed E-state index contributed by atoms with van der Waals surface area (Å²) in [6, 6.07) is 13.9. The van der Waals surface area contributed by atoms with Gasteiger partial charge in [0.25, 0.3) is 5.91 Å². The Balaban J connectivity index is 1.53. The van der Waals surface area contributed by atoms with E-state index < -0.39 is 5.91 Å². The lowest BCUT2D eigenvalue weighted by Gasteiger charge is -2.13. The molecule has 10 heteroatoms. The predicted octanol–water partition coefficient (Wildman–Crippen LogP) is 2.41. The number of nitrogens with one attached hydrogen (secondary N) is 2. The summed E-state index contributed by atoms with van der Waals surface area (Å²) >= 11 is 0. The van der Waals surface area contributed by atoms with E-state index >= 15 is 0 Å². The fourth-order valence-electron chi connectivity index (χ4n) is 3.10. The summed E-state index contributed by atoms with van der Waals surface area (Å²) in [4.78, 5) is 12.8. The van der Waals surface area contributed by atoms with Gasteiger partial charge in [0.1, 0.15) is 0 Å². The van der Waals surface area contributed by atoms with Crippen LogP contribution >= 0.6 is 0 Å². The minimum atomic E-state index is -0.470. The van der Waals surface area contributed by atoms with Crippen LogP contribution in [-0.2, 0) is 0 Å². The molecule has 2 aromatic carbocycles. The van der Waals surface area contributed by atoms with Gasteiger partial charge in [0.05, 0.1) is 11.4 Å². The fourth-order valence-corrected chi connectivity index (χ4v) is 3.10. The van der Waals surface area contributed by atoms with Crippen molar-refractivity contribution in [1.82, 2.24) is 36.2 Å². The summed E-state index contributed by atoms with van der Waals surface area (Å²) in [5.41, 5.74) is 13.3. The first-order valence-corrected chi connectivity index (χ1v) is 9.24. The maximum Gasteiger partial charge on any atom is 0.292 e. The smallest absolute Gasteiger partial charge is 0.292 e. The second kappa shape index (κ2) is 7.66. The van der Waals surface area contributed by atoms with E-state index in [0.717, 1.165) is 16.3 Å². The molecule has 30 heavy (non-hydrogen) atoms. The Hall–Kier alpha value is -4.21. The van der Waals surface area contributed by atoms with Gasteiger partial charge in [-0.25, -0.2) is 4.63 Å². The molecule has 0 aliphatic carbocycles. The predicted molar refractivity (Wildman–Crippen MR) is 111 cm³/mol. The summed E-state index contributed by atoms with van der Waals surface area (Å²) in [7, 11) is 0. The summed E-state index contributed by atoms with van der Waals surface area (Å²) in [5, 5.41) is 17.5. The molecule has 152 valence electrons. The second-order valence-corrected chi connectivity index (χ2v) is 6.98. The van der Waals surface area contributed by atoms with Crippen LogP contribution in [0.15, 0.2) is 53.7 Å². The van der Waals surface area contributed by atoms with Crippen LogP contribution in [0.2, 0.25) is 0 Å². The standard InChI is InChI=1S/C20H20N8O2/c1-11(2)17-16(23-27-28(17)19-18(21)25-30-26-19)20(29)24-22-12(3)14-9-8-13-6-4-5-7-15(13)10-14/h4-11,22H,3H2,1-2H3,(H2,21,25)(H,24,29). The van der Waals surface area contributed by atoms with Crippen molar-refractivity contribution < 1.29 is 9.42 Å². The first-order valence-electron chi connectivity index (χ1n) is 9.24. The lowest BCUT2D eigenvalue weighted by atomic mass is 10.1. The zero-order valence-corrected chi connectivity index (χ0v) is 16.5. The Bertz CT molecular complexity index is 1240. The summed E-state index contributed by atoms with van der Waals surface area (Å²) < 4.78 is 5.98. The normalized spacial score (nSPS) is 11.0. The van der Waals surface area contributed by atoms with E-state index in [4.69, 9.17) is 5.73 Å². The van der Waals surface area contributed by atoms with Crippen molar-refractivity contribution in [2.75, 3.05) is 5.73 Å². The number of aromatic nitrogens is 5. The Labute approximate surface area is 171 Å². The van der Waals surface area contributed by atoms with Crippen molar-refractivity contribution in [3.05, 3.63) is 66.0 Å². The number of carbonyl (C=O) groups excluding carboxylic acids is 1. The van der Waals surface area contributed by atoms with E-state index in [9.17, 15) is 4.79 Å². The lowest BCUT2D eigenvalue weighted by Crippen LogP contribution is -2.36. The summed E-state index contributed by atoms with van der Waals surface area (Å²) in [5.74, 6) is -0.335. The molecule has 2 heterocycles. The number of nitrogens with zero attached hydrogens (tertiary/aromatic N) is 5. The number of anilines is 1. The molecule has 0 spiro atoms. The van der Waals surface area contributed by atoms with E-state index in [-0.39, 0.29) is 23.2 Å². The Kier molecular flexibility index (Phi) is 4.88. The average molecular weight is 404 g/mol. The molecule has 0 fully saturated rings. The van der Waals surface area contributed by atoms with E-state index in [2.05, 4.69) is 42.7 Å². The zero-order valence-electron chi connectivity index (χ0n) is 16.5. The molecule has 4 N–H and O–H groups in total. The Morgan fingerprint density at radius 3 is 2.60 bits per heavy atom. The molecule has 10 nitrogen and oxygen atoms in total. The molecule has 2 aromatic heterocycles. The van der Waals surface area contributed by atoms with Crippen LogP contribution in [0.25, 0.3) is 22.3 Å². The first-order chi connectivity index (χ1) is 14.5. The van der Waals surface area contributed by atoms with Gasteiger partial charge in [0.2, 0.25) is 11.6 Å². The van der Waals surface area contributed by atoms with Crippen LogP contribution in [0.1, 0.15) is 41.5 Å². The van der Waals surface area contributed by atoms with Gasteiger partial charge in [-0.1, -0.05) is 62.0 Å². The van der Waals surface area contributed by atoms with Crippen molar-refractivity contribution in [3.8, 4) is 5.82 Å². The fraction of sp³-hybridized carbons (Fsp3) is 0.150. The van der Waals surface area contributed by atoms with Crippen LogP contribution < -0.4 is 16.6 Å². The number of hydrazine groups is 1. The molecule has 0 unspecified atom stereocenters. The van der Waals surface area contributed by atoms with Crippen molar-refractivity contribution in [3.63, 3.8) is 0 Å². The molecule has 0 atom stereocenters. The molecule has 0 bridgehead atoms. The third-order valence-electron chi connectivity index (χ3n) is 4.59. The van der Waals surface area contributed by atoms with E-state index in [1.165, 1.54) is 4.68 Å². The zero-order chi connectivity index (χ0) is 21.3. The third kappa shape index (κ3) is 3.46. The van der Waals surface area contributed by atoms with Crippen LogP contribution in [0, 0.1) is 0 Å². The van der Waals surface area contributed by atoms with Gasteiger partial charge in [-0.05, 0) is 38.6 Å². The number of nitrogen functional groups attached to an aromatic ring is 1. The van der Waals surface area contributed by atoms with Gasteiger partial charge in [-0.15, -0.1) is 5.10 Å². The van der Waals surface area contributed by atoms with Gasteiger partial charge in [-0.2, -0.15) is 4.68 Å². The van der Waals surface area contributed by atoms with Crippen LogP contribution in [0.3, 0.4) is 0 Å². The van der Waals surface area contributed by atoms with Gasteiger partial charge < -0.3 is 5.73 Å². The number of nitrogens with two attached hydrogens (primary N) is 1. The van der Waals surface area contributed by atoms with E-state index in [1.807, 2.05) is 56.3 Å². The molecular formula is C20H20N8O2. The van der Waals surface area contributed by atoms with Crippen molar-refractivity contribution in [1.29, 1.82) is 0 Å². The topological polar surface area (TPSA) is 137 Å². The van der Waals surface area contributed by atoms with Crippen LogP contribution in [0.4, 0.5) is 5.82 Å². The first kappa shape index (κ1) is 19.1. The summed E-state index contributed by atoms with van der Waals surface area (Å²) in [6.45, 7) is 7.80. The minimum absolute atomic E-state index is 0.0524. The van der Waals surface area contributed by atoms with Crippen LogP contribution in [0.5, 0.6) is 0 Å². The lowest BCUT2D eigenvalue weighted by molar-refractivity contribution is 0.0936. The van der Waals surface area contributed by atoms with Gasteiger partial charge >= 0.3 is 0 Å². The molecular weight excluding hydrogens is 384 g/mol. The van der Waals surface area contributed by atoms with Gasteiger partial charge in [0, 0.05) is 0 Å². The second-order valence-electron chi connectivity index (χ2n) is 6.98. The Morgan fingerprint density at radius 1 is 1.13 bits per heavy atom. The molecule has 0 aliphatic rings. The van der Waals surface area contributed by atoms with Crippen molar-refractivity contribution in [2.24, 2.45) is 0 Å². The van der Waals surface area contributed by atoms with Crippen molar-refractivity contribution >= 4 is 28.2 Å². The quantitative estimate of drug-likeness (QED) is 0.417. The molecule has 0 saturated heterocycles. The highest BCUT2D eigenvalue weighted by Gasteiger charge is 2.25. The van der Waals surface area contributed by atoms with Crippen LogP contribution in [-0.4, -0.2) is 31.2 Å². The average Bonchev–Trinajstić information content (AvgIpc) is 3.37. The number of hydrogen-bond acceptors (Lipinski definition) is 8. The SMILES string of the molecule is C=C(NNC(=O)c1nnn(-c2nonc2N)c1C(C)C)c1ccc2ccccc2c1. The molecule has 1 amide bonds. The highest BCUT2D eigenvalue weighted by atomic mass is 16.6. The molecule has 0 radical (unpaired) electrons. The number of fused-ring (bicyclic) bond motifs is 1. The molecule has 4 rings (SSSR count). The highest BCUT2D eigenvalue weighted by Crippen LogP contribution is 2.23. The number of benzene rings is 2. The minimum Gasteiger partial charge on any atom is -0.378 e. The number of carbonyl (C=O) groups is 1. The van der Waals surface area contributed by atoms with E-state index in [1.54, 1.807) is 0 Å². The Morgan fingerprint density at radius 2 is 1.90 bits per heavy atom. The van der Waals surface area contributed by atoms with Crippen molar-refractivity contribution in [2.45, 2.75) is 19.8 Å². The highest BCUT2D eigenvalue weighted by molar-refractivity contribution is 5.94. The largest absolute Gasteiger partial charge is 0.378 e. The van der Waals surface area contributed by atoms with E-state index in [0.29, 0.717) is 11.4 Å². The van der Waals surface area contributed by atoms with Gasteiger partial charge in [0.15, 0.2) is 5.69 Å². The number of amides is 1.